The number of benzene rings is 2. The number of rotatable bonds is 5. The molecule has 0 fully saturated rings. The zero-order chi connectivity index (χ0) is 22.7. The van der Waals surface area contributed by atoms with Crippen molar-refractivity contribution >= 4 is 40.8 Å². The molecule has 1 aliphatic rings. The number of carbonyl (C=O) groups excluding carboxylic acids is 3. The third kappa shape index (κ3) is 4.40. The topological polar surface area (TPSA) is 97.8 Å². The average Bonchev–Trinajstić information content (AvgIpc) is 2.89. The molecule has 2 amide bonds. The number of pyridine rings is 1. The summed E-state index contributed by atoms with van der Waals surface area (Å²) >= 11 is 6.14. The van der Waals surface area contributed by atoms with Crippen molar-refractivity contribution in [2.75, 3.05) is 23.4 Å². The lowest BCUT2D eigenvalue weighted by atomic mass is 10.2. The Balaban J connectivity index is 1.57. The van der Waals surface area contributed by atoms with Gasteiger partial charge in [0.25, 0.3) is 5.91 Å². The number of nitrogens with one attached hydrogen (secondary N) is 1. The van der Waals surface area contributed by atoms with Gasteiger partial charge in [-0.3, -0.25) is 14.5 Å². The molecule has 1 aliphatic heterocycles. The van der Waals surface area contributed by atoms with E-state index in [0.29, 0.717) is 27.7 Å². The van der Waals surface area contributed by atoms with Crippen molar-refractivity contribution in [3.05, 3.63) is 76.9 Å². The highest BCUT2D eigenvalue weighted by Crippen LogP contribution is 2.39. The summed E-state index contributed by atoms with van der Waals surface area (Å²) in [5.74, 6) is -0.825. The van der Waals surface area contributed by atoms with E-state index in [9.17, 15) is 14.4 Å². The molecule has 1 N–H and O–H groups in total. The van der Waals surface area contributed by atoms with Crippen LogP contribution in [0.5, 0.6) is 11.6 Å². The fourth-order valence-electron chi connectivity index (χ4n) is 3.19. The minimum absolute atomic E-state index is 0.151. The van der Waals surface area contributed by atoms with Crippen LogP contribution >= 0.6 is 11.6 Å². The number of hydrogen-bond acceptors (Lipinski definition) is 6. The van der Waals surface area contributed by atoms with E-state index in [1.54, 1.807) is 61.5 Å². The van der Waals surface area contributed by atoms with E-state index in [4.69, 9.17) is 21.1 Å². The lowest BCUT2D eigenvalue weighted by molar-refractivity contribution is -0.114. The van der Waals surface area contributed by atoms with Crippen LogP contribution in [0.4, 0.5) is 11.4 Å². The number of hydrogen-bond donors (Lipinski definition) is 1. The molecule has 2 aromatic carbocycles. The molecule has 0 aliphatic carbocycles. The number of fused-ring (bicyclic) bond motifs is 2. The molecule has 0 unspecified atom stereocenters. The molecule has 2 heterocycles. The maximum Gasteiger partial charge on any atom is 0.338 e. The molecule has 9 heteroatoms. The first kappa shape index (κ1) is 21.3. The zero-order valence-corrected chi connectivity index (χ0v) is 17.8. The predicted molar refractivity (Wildman–Crippen MR) is 118 cm³/mol. The second-order valence-corrected chi connectivity index (χ2v) is 7.24. The highest BCUT2D eigenvalue weighted by Gasteiger charge is 2.30. The summed E-state index contributed by atoms with van der Waals surface area (Å²) in [7, 11) is 0. The number of anilines is 2. The molecule has 1 aromatic heterocycles. The van der Waals surface area contributed by atoms with Crippen LogP contribution in [-0.2, 0) is 9.53 Å². The molecular weight excluding hydrogens is 434 g/mol. The Bertz CT molecular complexity index is 1200. The molecule has 0 radical (unpaired) electrons. The van der Waals surface area contributed by atoms with Gasteiger partial charge in [0.2, 0.25) is 11.8 Å². The molecule has 0 bridgehead atoms. The van der Waals surface area contributed by atoms with Crippen LogP contribution in [0.1, 0.15) is 27.6 Å². The largest absolute Gasteiger partial charge is 0.462 e. The maximum atomic E-state index is 13.2. The molecule has 162 valence electrons. The highest BCUT2D eigenvalue weighted by atomic mass is 35.5. The van der Waals surface area contributed by atoms with Gasteiger partial charge in [-0.05, 0) is 61.5 Å². The Morgan fingerprint density at radius 1 is 1.16 bits per heavy atom. The number of esters is 1. The van der Waals surface area contributed by atoms with E-state index in [0.717, 1.165) is 0 Å². The fraction of sp³-hybridized carbons (Fsp3) is 0.130. The third-order valence-corrected chi connectivity index (χ3v) is 4.88. The number of aromatic nitrogens is 1. The summed E-state index contributed by atoms with van der Waals surface area (Å²) in [6.45, 7) is 1.71. The van der Waals surface area contributed by atoms with Crippen molar-refractivity contribution < 1.29 is 23.9 Å². The highest BCUT2D eigenvalue weighted by molar-refractivity contribution is 6.31. The Morgan fingerprint density at radius 3 is 2.69 bits per heavy atom. The van der Waals surface area contributed by atoms with Gasteiger partial charge < -0.3 is 14.8 Å². The summed E-state index contributed by atoms with van der Waals surface area (Å²) in [6.07, 6.45) is 1.52. The van der Waals surface area contributed by atoms with Gasteiger partial charge in [-0.2, -0.15) is 0 Å². The molecule has 3 aromatic rings. The van der Waals surface area contributed by atoms with Gasteiger partial charge in [0.05, 0.1) is 17.9 Å². The number of halogens is 1. The maximum absolute atomic E-state index is 13.2. The molecule has 0 atom stereocenters. The summed E-state index contributed by atoms with van der Waals surface area (Å²) < 4.78 is 10.8. The average molecular weight is 452 g/mol. The number of nitrogens with zero attached hydrogens (tertiary/aromatic N) is 2. The summed E-state index contributed by atoms with van der Waals surface area (Å²) in [4.78, 5) is 43.2. The number of carbonyl (C=O) groups is 3. The molecule has 4 rings (SSSR count). The zero-order valence-electron chi connectivity index (χ0n) is 17.0. The SMILES string of the molecule is CCOC(=O)c1ccc(NC(=O)CN2C(=O)c3cccnc3Oc3ccc(Cl)cc32)cc1. The van der Waals surface area contributed by atoms with Gasteiger partial charge >= 0.3 is 5.97 Å². The van der Waals surface area contributed by atoms with Crippen molar-refractivity contribution in [3.8, 4) is 11.6 Å². The van der Waals surface area contributed by atoms with Crippen LogP contribution in [0.3, 0.4) is 0 Å². The van der Waals surface area contributed by atoms with Crippen LogP contribution in [0, 0.1) is 0 Å². The number of ether oxygens (including phenoxy) is 2. The van der Waals surface area contributed by atoms with E-state index in [1.165, 1.54) is 11.1 Å². The Kier molecular flexibility index (Phi) is 6.04. The van der Waals surface area contributed by atoms with E-state index >= 15 is 0 Å². The Morgan fingerprint density at radius 2 is 1.94 bits per heavy atom. The number of amides is 2. The van der Waals surface area contributed by atoms with Gasteiger partial charge in [-0.1, -0.05) is 11.6 Å². The monoisotopic (exact) mass is 451 g/mol. The minimum atomic E-state index is -0.444. The lowest BCUT2D eigenvalue weighted by Crippen LogP contribution is -2.37. The van der Waals surface area contributed by atoms with Gasteiger partial charge in [0.15, 0.2) is 5.75 Å². The molecular formula is C23H18ClN3O5. The summed E-state index contributed by atoms with van der Waals surface area (Å²) in [5.41, 5.74) is 1.42. The molecule has 0 saturated heterocycles. The smallest absolute Gasteiger partial charge is 0.338 e. The van der Waals surface area contributed by atoms with E-state index in [1.807, 2.05) is 0 Å². The van der Waals surface area contributed by atoms with Crippen LogP contribution in [0.15, 0.2) is 60.8 Å². The summed E-state index contributed by atoms with van der Waals surface area (Å²) in [6, 6.07) is 14.3. The van der Waals surface area contributed by atoms with Crippen molar-refractivity contribution in [1.29, 1.82) is 0 Å². The van der Waals surface area contributed by atoms with Crippen LogP contribution < -0.4 is 15.0 Å². The van der Waals surface area contributed by atoms with Crippen molar-refractivity contribution in [3.63, 3.8) is 0 Å². The van der Waals surface area contributed by atoms with Crippen molar-refractivity contribution in [1.82, 2.24) is 4.98 Å². The quantitative estimate of drug-likeness (QED) is 0.581. The second-order valence-electron chi connectivity index (χ2n) is 6.81. The van der Waals surface area contributed by atoms with E-state index in [2.05, 4.69) is 10.3 Å². The van der Waals surface area contributed by atoms with E-state index < -0.39 is 17.8 Å². The first-order chi connectivity index (χ1) is 15.5. The summed E-state index contributed by atoms with van der Waals surface area (Å²) in [5, 5.41) is 3.11. The minimum Gasteiger partial charge on any atom is -0.462 e. The van der Waals surface area contributed by atoms with Crippen molar-refractivity contribution in [2.24, 2.45) is 0 Å². The molecule has 8 nitrogen and oxygen atoms in total. The molecule has 0 saturated carbocycles. The first-order valence-corrected chi connectivity index (χ1v) is 10.2. The lowest BCUT2D eigenvalue weighted by Gasteiger charge is -2.21. The van der Waals surface area contributed by atoms with E-state index in [-0.39, 0.29) is 24.6 Å². The fourth-order valence-corrected chi connectivity index (χ4v) is 3.35. The Labute approximate surface area is 188 Å². The van der Waals surface area contributed by atoms with Gasteiger partial charge in [0, 0.05) is 16.9 Å². The van der Waals surface area contributed by atoms with Crippen LogP contribution in [0.2, 0.25) is 5.02 Å². The van der Waals surface area contributed by atoms with Gasteiger partial charge in [-0.15, -0.1) is 0 Å². The first-order valence-electron chi connectivity index (χ1n) is 9.77. The van der Waals surface area contributed by atoms with Gasteiger partial charge in [0.1, 0.15) is 12.1 Å². The van der Waals surface area contributed by atoms with Crippen LogP contribution in [-0.4, -0.2) is 35.9 Å². The van der Waals surface area contributed by atoms with Crippen molar-refractivity contribution in [2.45, 2.75) is 6.92 Å². The van der Waals surface area contributed by atoms with Gasteiger partial charge in [-0.25, -0.2) is 9.78 Å². The molecule has 0 spiro atoms. The third-order valence-electron chi connectivity index (χ3n) is 4.65. The van der Waals surface area contributed by atoms with Crippen LogP contribution in [0.25, 0.3) is 0 Å². The standard InChI is InChI=1S/C23H18ClN3O5/c1-2-31-23(30)14-5-8-16(9-6-14)26-20(28)13-27-18-12-15(24)7-10-19(18)32-21-17(22(27)29)4-3-11-25-21/h3-12H,2,13H2,1H3,(H,26,28). The normalized spacial score (nSPS) is 12.2. The Hall–Kier alpha value is -3.91. The second kappa shape index (κ2) is 9.07. The predicted octanol–water partition coefficient (Wildman–Crippen LogP) is 4.30. The molecule has 32 heavy (non-hydrogen) atoms.